The van der Waals surface area contributed by atoms with Crippen LogP contribution in [-0.4, -0.2) is 66.2 Å². The second-order valence-electron chi connectivity index (χ2n) is 7.10. The Morgan fingerprint density at radius 2 is 2.05 bits per heavy atom. The highest BCUT2D eigenvalue weighted by molar-refractivity contribution is 5.81. The monoisotopic (exact) mass is 278 g/mol. The fourth-order valence-electron chi connectivity index (χ4n) is 4.81. The molecule has 4 aliphatic heterocycles. The number of hydrogen-bond donors (Lipinski definition) is 1. The van der Waals surface area contributed by atoms with Crippen molar-refractivity contribution in [3.05, 3.63) is 0 Å². The smallest absolute Gasteiger partial charge is 0.191 e. The van der Waals surface area contributed by atoms with E-state index in [0.717, 1.165) is 37.7 Å². The van der Waals surface area contributed by atoms with Gasteiger partial charge in [-0.15, -0.1) is 0 Å². The van der Waals surface area contributed by atoms with Crippen molar-refractivity contribution in [2.75, 3.05) is 26.7 Å². The molecule has 3 fully saturated rings. The summed E-state index contributed by atoms with van der Waals surface area (Å²) in [5, 5.41) is 0. The minimum absolute atomic E-state index is 0.189. The van der Waals surface area contributed by atoms with Gasteiger partial charge in [-0.25, -0.2) is 0 Å². The molecule has 4 rings (SSSR count). The predicted octanol–water partition coefficient (Wildman–Crippen LogP) is 0.791. The molecule has 3 atom stereocenters. The van der Waals surface area contributed by atoms with E-state index in [9.17, 15) is 0 Å². The van der Waals surface area contributed by atoms with Gasteiger partial charge in [0.15, 0.2) is 5.96 Å². The molecule has 5 nitrogen and oxygen atoms in total. The lowest BCUT2D eigenvalue weighted by Gasteiger charge is -2.48. The van der Waals surface area contributed by atoms with Crippen LogP contribution in [0.2, 0.25) is 0 Å². The van der Waals surface area contributed by atoms with Crippen molar-refractivity contribution in [3.8, 4) is 0 Å². The van der Waals surface area contributed by atoms with Crippen LogP contribution in [-0.2, 0) is 4.74 Å². The van der Waals surface area contributed by atoms with E-state index in [0.29, 0.717) is 6.10 Å². The summed E-state index contributed by atoms with van der Waals surface area (Å²) in [6.07, 6.45) is 7.85. The molecule has 0 saturated carbocycles. The van der Waals surface area contributed by atoms with E-state index in [4.69, 9.17) is 10.5 Å². The molecular formula is C15H26N4O. The largest absolute Gasteiger partial charge is 0.376 e. The fourth-order valence-corrected chi connectivity index (χ4v) is 4.81. The summed E-state index contributed by atoms with van der Waals surface area (Å²) in [5.41, 5.74) is 6.40. The standard InChI is InChI=1S/C15H26N4O/c1-18-11-4-5-12(18)8-15(7-11)10-17-14(16)19(15)9-13-3-2-6-20-13/h11-13H,2-10H2,1H3,(H2,16,17). The highest BCUT2D eigenvalue weighted by Crippen LogP contribution is 2.44. The van der Waals surface area contributed by atoms with Crippen molar-refractivity contribution in [3.63, 3.8) is 0 Å². The minimum Gasteiger partial charge on any atom is -0.376 e. The Hall–Kier alpha value is -0.810. The number of fused-ring (bicyclic) bond motifs is 2. The summed E-state index contributed by atoms with van der Waals surface area (Å²) in [4.78, 5) is 9.60. The number of guanidine groups is 1. The molecule has 0 aliphatic carbocycles. The van der Waals surface area contributed by atoms with Crippen LogP contribution in [0, 0.1) is 0 Å². The third-order valence-electron chi connectivity index (χ3n) is 6.01. The lowest BCUT2D eigenvalue weighted by atomic mass is 9.82. The molecule has 20 heavy (non-hydrogen) atoms. The van der Waals surface area contributed by atoms with Gasteiger partial charge >= 0.3 is 0 Å². The molecule has 2 bridgehead atoms. The van der Waals surface area contributed by atoms with E-state index in [-0.39, 0.29) is 5.54 Å². The zero-order valence-electron chi connectivity index (χ0n) is 12.4. The summed E-state index contributed by atoms with van der Waals surface area (Å²) in [7, 11) is 2.29. The minimum atomic E-state index is 0.189. The zero-order valence-corrected chi connectivity index (χ0v) is 12.4. The maximum absolute atomic E-state index is 6.22. The van der Waals surface area contributed by atoms with Gasteiger partial charge in [0.1, 0.15) is 0 Å². The number of piperidine rings is 1. The Labute approximate surface area is 121 Å². The van der Waals surface area contributed by atoms with Crippen LogP contribution in [0.4, 0.5) is 0 Å². The lowest BCUT2D eigenvalue weighted by Crippen LogP contribution is -2.61. The summed E-state index contributed by atoms with van der Waals surface area (Å²) < 4.78 is 5.82. The molecule has 112 valence electrons. The number of nitrogens with two attached hydrogens (primary N) is 1. The average molecular weight is 278 g/mol. The van der Waals surface area contributed by atoms with Crippen molar-refractivity contribution in [2.45, 2.75) is 62.3 Å². The van der Waals surface area contributed by atoms with E-state index < -0.39 is 0 Å². The first kappa shape index (κ1) is 12.9. The first-order valence-corrected chi connectivity index (χ1v) is 8.09. The van der Waals surface area contributed by atoms with Crippen molar-refractivity contribution < 1.29 is 4.74 Å². The highest BCUT2D eigenvalue weighted by Gasteiger charge is 2.52. The topological polar surface area (TPSA) is 54.1 Å². The first-order chi connectivity index (χ1) is 9.68. The summed E-state index contributed by atoms with van der Waals surface area (Å²) in [6.45, 7) is 2.75. The molecule has 4 aliphatic rings. The van der Waals surface area contributed by atoms with Crippen LogP contribution in [0.3, 0.4) is 0 Å². The third kappa shape index (κ3) is 1.86. The SMILES string of the molecule is CN1C2CCC1CC1(CN=C(N)N1CC1CCCO1)C2. The Balaban J connectivity index is 1.54. The van der Waals surface area contributed by atoms with Gasteiger partial charge in [-0.05, 0) is 45.6 Å². The van der Waals surface area contributed by atoms with Crippen LogP contribution < -0.4 is 5.73 Å². The van der Waals surface area contributed by atoms with Crippen LogP contribution >= 0.6 is 0 Å². The number of aliphatic imine (C=N–C) groups is 1. The molecular weight excluding hydrogens is 252 g/mol. The normalized spacial score (nSPS) is 44.5. The molecule has 3 saturated heterocycles. The maximum Gasteiger partial charge on any atom is 0.191 e. The number of nitrogens with zero attached hydrogens (tertiary/aromatic N) is 3. The van der Waals surface area contributed by atoms with Crippen molar-refractivity contribution >= 4 is 5.96 Å². The summed E-state index contributed by atoms with van der Waals surface area (Å²) in [5.74, 6) is 0.754. The first-order valence-electron chi connectivity index (χ1n) is 8.09. The molecule has 0 aromatic heterocycles. The second-order valence-corrected chi connectivity index (χ2v) is 7.10. The summed E-state index contributed by atoms with van der Waals surface area (Å²) in [6, 6.07) is 1.45. The van der Waals surface area contributed by atoms with E-state index >= 15 is 0 Å². The van der Waals surface area contributed by atoms with E-state index in [1.807, 2.05) is 0 Å². The molecule has 3 unspecified atom stereocenters. The predicted molar refractivity (Wildman–Crippen MR) is 78.7 cm³/mol. The fraction of sp³-hybridized carbons (Fsp3) is 0.933. The molecule has 5 heteroatoms. The molecule has 0 radical (unpaired) electrons. The molecule has 4 heterocycles. The van der Waals surface area contributed by atoms with Gasteiger partial charge in [-0.1, -0.05) is 0 Å². The van der Waals surface area contributed by atoms with E-state index in [2.05, 4.69) is 21.8 Å². The molecule has 0 aromatic rings. The van der Waals surface area contributed by atoms with Crippen LogP contribution in [0.15, 0.2) is 4.99 Å². The number of hydrogen-bond acceptors (Lipinski definition) is 5. The van der Waals surface area contributed by atoms with Gasteiger partial charge in [0.05, 0.1) is 18.2 Å². The van der Waals surface area contributed by atoms with Gasteiger partial charge < -0.3 is 20.3 Å². The van der Waals surface area contributed by atoms with Crippen molar-refractivity contribution in [2.24, 2.45) is 10.7 Å². The Bertz CT molecular complexity index is 404. The molecule has 1 spiro atoms. The Kier molecular flexibility index (Phi) is 2.96. The quantitative estimate of drug-likeness (QED) is 0.811. The average Bonchev–Trinajstić information content (AvgIpc) is 3.08. The van der Waals surface area contributed by atoms with Gasteiger partial charge in [0.25, 0.3) is 0 Å². The second kappa shape index (κ2) is 4.60. The highest BCUT2D eigenvalue weighted by atomic mass is 16.5. The van der Waals surface area contributed by atoms with Crippen molar-refractivity contribution in [1.29, 1.82) is 0 Å². The Morgan fingerprint density at radius 1 is 1.30 bits per heavy atom. The zero-order chi connectivity index (χ0) is 13.7. The van der Waals surface area contributed by atoms with Gasteiger partial charge in [0.2, 0.25) is 0 Å². The molecule has 2 N–H and O–H groups in total. The Morgan fingerprint density at radius 3 is 2.70 bits per heavy atom. The van der Waals surface area contributed by atoms with Gasteiger partial charge in [0, 0.05) is 25.2 Å². The third-order valence-corrected chi connectivity index (χ3v) is 6.01. The van der Waals surface area contributed by atoms with E-state index in [1.54, 1.807) is 0 Å². The van der Waals surface area contributed by atoms with Crippen LogP contribution in [0.25, 0.3) is 0 Å². The van der Waals surface area contributed by atoms with Gasteiger partial charge in [-0.3, -0.25) is 4.99 Å². The molecule has 0 amide bonds. The van der Waals surface area contributed by atoms with Crippen LogP contribution in [0.1, 0.15) is 38.5 Å². The molecule has 0 aromatic carbocycles. The van der Waals surface area contributed by atoms with Crippen molar-refractivity contribution in [1.82, 2.24) is 9.80 Å². The van der Waals surface area contributed by atoms with E-state index in [1.165, 1.54) is 38.5 Å². The number of rotatable bonds is 2. The van der Waals surface area contributed by atoms with Crippen LogP contribution in [0.5, 0.6) is 0 Å². The summed E-state index contributed by atoms with van der Waals surface area (Å²) >= 11 is 0. The lowest BCUT2D eigenvalue weighted by molar-refractivity contribution is 0.0184. The van der Waals surface area contributed by atoms with Gasteiger partial charge in [-0.2, -0.15) is 0 Å². The number of ether oxygens (including phenoxy) is 1. The maximum atomic E-state index is 6.22.